The van der Waals surface area contributed by atoms with Crippen molar-refractivity contribution in [3.63, 3.8) is 0 Å². The molecule has 3 N–H and O–H groups in total. The summed E-state index contributed by atoms with van der Waals surface area (Å²) in [5.74, 6) is -2.27. The number of nitrogens with zero attached hydrogens (tertiary/aromatic N) is 3. The van der Waals surface area contributed by atoms with Crippen molar-refractivity contribution in [2.45, 2.75) is 25.9 Å². The van der Waals surface area contributed by atoms with E-state index in [1.807, 2.05) is 0 Å². The van der Waals surface area contributed by atoms with Crippen molar-refractivity contribution < 1.29 is 23.8 Å². The largest absolute Gasteiger partial charge is 0.501 e. The molecular weight excluding hydrogens is 417 g/mol. The number of amides is 2. The first kappa shape index (κ1) is 22.6. The molecule has 3 rings (SSSR count). The predicted octanol–water partition coefficient (Wildman–Crippen LogP) is 2.32. The monoisotopic (exact) mass is 439 g/mol. The second-order valence-corrected chi connectivity index (χ2v) is 7.36. The van der Waals surface area contributed by atoms with Crippen LogP contribution in [0.1, 0.15) is 46.2 Å². The average Bonchev–Trinajstić information content (AvgIpc) is 2.78. The first-order valence-electron chi connectivity index (χ1n) is 9.63. The molecule has 9 nitrogen and oxygen atoms in total. The van der Waals surface area contributed by atoms with E-state index in [1.165, 1.54) is 37.6 Å². The Morgan fingerprint density at radius 3 is 2.44 bits per heavy atom. The lowest BCUT2D eigenvalue weighted by Gasteiger charge is -2.25. The van der Waals surface area contributed by atoms with Gasteiger partial charge in [-0.1, -0.05) is 18.2 Å². The number of rotatable bonds is 7. The number of benzene rings is 1. The number of nitrogens with one attached hydrogen (secondary N) is 2. The Kier molecular flexibility index (Phi) is 6.62. The highest BCUT2D eigenvalue weighted by molar-refractivity contribution is 5.95. The molecule has 32 heavy (non-hydrogen) atoms. The maximum atomic E-state index is 13.1. The van der Waals surface area contributed by atoms with Crippen LogP contribution in [0.4, 0.5) is 4.39 Å². The van der Waals surface area contributed by atoms with E-state index in [0.29, 0.717) is 5.56 Å². The topological polar surface area (TPSA) is 126 Å². The minimum atomic E-state index is -1.14. The molecule has 0 bridgehead atoms. The van der Waals surface area contributed by atoms with Crippen LogP contribution in [-0.2, 0) is 12.1 Å². The number of methoxy groups -OCH3 is 1. The zero-order chi connectivity index (χ0) is 23.3. The Balaban J connectivity index is 1.85. The molecule has 1 aromatic carbocycles. The summed E-state index contributed by atoms with van der Waals surface area (Å²) >= 11 is 0. The van der Waals surface area contributed by atoms with E-state index >= 15 is 0 Å². The summed E-state index contributed by atoms with van der Waals surface area (Å²) in [4.78, 5) is 37.6. The number of pyridine rings is 1. The van der Waals surface area contributed by atoms with Crippen LogP contribution in [0, 0.1) is 5.82 Å². The molecule has 0 atom stereocenters. The summed E-state index contributed by atoms with van der Waals surface area (Å²) in [6.07, 6.45) is 1.49. The Morgan fingerprint density at radius 1 is 1.09 bits per heavy atom. The lowest BCUT2D eigenvalue weighted by Crippen LogP contribution is -2.43. The van der Waals surface area contributed by atoms with Gasteiger partial charge in [0.2, 0.25) is 5.75 Å². The van der Waals surface area contributed by atoms with Crippen molar-refractivity contribution in [3.05, 3.63) is 77.3 Å². The van der Waals surface area contributed by atoms with Crippen molar-refractivity contribution in [2.24, 2.45) is 0 Å². The molecule has 2 aromatic heterocycles. The lowest BCUT2D eigenvalue weighted by molar-refractivity contribution is 0.0902. The molecule has 10 heteroatoms. The van der Waals surface area contributed by atoms with Gasteiger partial charge in [-0.25, -0.2) is 9.37 Å². The summed E-state index contributed by atoms with van der Waals surface area (Å²) < 4.78 is 18.1. The van der Waals surface area contributed by atoms with Crippen LogP contribution >= 0.6 is 0 Å². The molecule has 0 unspecified atom stereocenters. The quantitative estimate of drug-likeness (QED) is 0.516. The van der Waals surface area contributed by atoms with E-state index in [-0.39, 0.29) is 29.6 Å². The summed E-state index contributed by atoms with van der Waals surface area (Å²) in [6, 6.07) is 10.5. The molecule has 166 valence electrons. The van der Waals surface area contributed by atoms with E-state index in [9.17, 15) is 19.1 Å². The number of halogens is 1. The molecular formula is C22H22FN5O4. The van der Waals surface area contributed by atoms with Crippen LogP contribution in [0.15, 0.2) is 48.7 Å². The van der Waals surface area contributed by atoms with Gasteiger partial charge in [0.25, 0.3) is 17.7 Å². The van der Waals surface area contributed by atoms with Crippen LogP contribution in [0.2, 0.25) is 0 Å². The van der Waals surface area contributed by atoms with Gasteiger partial charge in [0.1, 0.15) is 11.5 Å². The molecule has 0 saturated heterocycles. The smallest absolute Gasteiger partial charge is 0.274 e. The normalized spacial score (nSPS) is 11.0. The van der Waals surface area contributed by atoms with Crippen LogP contribution in [0.5, 0.6) is 11.6 Å². The Bertz CT molecular complexity index is 1120. The molecule has 2 heterocycles. The van der Waals surface area contributed by atoms with Gasteiger partial charge < -0.3 is 20.5 Å². The summed E-state index contributed by atoms with van der Waals surface area (Å²) in [6.45, 7) is 3.36. The summed E-state index contributed by atoms with van der Waals surface area (Å²) in [5.41, 5.74) is -0.608. The fourth-order valence-corrected chi connectivity index (χ4v) is 2.78. The molecule has 0 aliphatic carbocycles. The van der Waals surface area contributed by atoms with E-state index in [0.717, 1.165) is 0 Å². The van der Waals surface area contributed by atoms with Gasteiger partial charge in [0.15, 0.2) is 11.5 Å². The molecule has 0 radical (unpaired) electrons. The lowest BCUT2D eigenvalue weighted by atomic mass is 10.0. The number of hydrogen-bond acceptors (Lipinski definition) is 7. The molecule has 0 aliphatic heterocycles. The van der Waals surface area contributed by atoms with Gasteiger partial charge in [0.05, 0.1) is 12.6 Å². The third-order valence-electron chi connectivity index (χ3n) is 4.51. The fraction of sp³-hybridized carbons (Fsp3) is 0.227. The van der Waals surface area contributed by atoms with Crippen LogP contribution in [0.3, 0.4) is 0 Å². The number of aromatic nitrogens is 3. The molecule has 0 spiro atoms. The Labute approximate surface area is 183 Å². The molecule has 0 aliphatic rings. The van der Waals surface area contributed by atoms with Gasteiger partial charge in [-0.2, -0.15) is 4.98 Å². The zero-order valence-corrected chi connectivity index (χ0v) is 17.7. The highest BCUT2D eigenvalue weighted by atomic mass is 19.1. The number of hydrogen-bond donors (Lipinski definition) is 3. The zero-order valence-electron chi connectivity index (χ0n) is 17.7. The predicted molar refractivity (Wildman–Crippen MR) is 113 cm³/mol. The van der Waals surface area contributed by atoms with Gasteiger partial charge >= 0.3 is 0 Å². The Hall–Kier alpha value is -4.08. The van der Waals surface area contributed by atoms with Crippen molar-refractivity contribution >= 4 is 11.8 Å². The minimum absolute atomic E-state index is 0.0448. The SMILES string of the molecule is COc1nc(C(C)(C)NC(=O)c2ccccn2)nc(C(=O)NCc2ccc(F)cc2)c1O. The maximum Gasteiger partial charge on any atom is 0.274 e. The van der Waals surface area contributed by atoms with Crippen molar-refractivity contribution in [1.29, 1.82) is 0 Å². The van der Waals surface area contributed by atoms with Crippen molar-refractivity contribution in [2.75, 3.05) is 7.11 Å². The van der Waals surface area contributed by atoms with Crippen molar-refractivity contribution in [1.82, 2.24) is 25.6 Å². The van der Waals surface area contributed by atoms with Gasteiger partial charge in [-0.15, -0.1) is 0 Å². The van der Waals surface area contributed by atoms with Crippen LogP contribution < -0.4 is 15.4 Å². The molecule has 0 saturated carbocycles. The molecule has 3 aromatic rings. The van der Waals surface area contributed by atoms with Gasteiger partial charge in [0, 0.05) is 12.7 Å². The molecule has 2 amide bonds. The minimum Gasteiger partial charge on any atom is -0.501 e. The molecule has 0 fully saturated rings. The summed E-state index contributed by atoms with van der Waals surface area (Å²) in [5, 5.41) is 15.8. The van der Waals surface area contributed by atoms with E-state index in [2.05, 4.69) is 25.6 Å². The highest BCUT2D eigenvalue weighted by Gasteiger charge is 2.31. The summed E-state index contributed by atoms with van der Waals surface area (Å²) in [7, 11) is 1.28. The van der Waals surface area contributed by atoms with Crippen molar-refractivity contribution in [3.8, 4) is 11.6 Å². The van der Waals surface area contributed by atoms with Crippen LogP contribution in [-0.4, -0.2) is 39.0 Å². The van der Waals surface area contributed by atoms with E-state index in [1.54, 1.807) is 32.0 Å². The maximum absolute atomic E-state index is 13.1. The second-order valence-electron chi connectivity index (χ2n) is 7.36. The Morgan fingerprint density at radius 2 is 1.81 bits per heavy atom. The number of ether oxygens (including phenoxy) is 1. The van der Waals surface area contributed by atoms with E-state index < -0.39 is 28.9 Å². The standard InChI is InChI=1S/C22H22FN5O4/c1-22(2,28-18(30)15-6-4-5-11-24-15)21-26-16(17(29)20(27-21)32-3)19(31)25-12-13-7-9-14(23)10-8-13/h4-11,29H,12H2,1-3H3,(H,25,31)(H,28,30). The van der Waals surface area contributed by atoms with Crippen LogP contribution in [0.25, 0.3) is 0 Å². The number of aromatic hydroxyl groups is 1. The second kappa shape index (κ2) is 9.38. The highest BCUT2D eigenvalue weighted by Crippen LogP contribution is 2.29. The fourth-order valence-electron chi connectivity index (χ4n) is 2.78. The first-order valence-corrected chi connectivity index (χ1v) is 9.63. The first-order chi connectivity index (χ1) is 15.2. The van der Waals surface area contributed by atoms with Gasteiger partial charge in [-0.3, -0.25) is 14.6 Å². The third kappa shape index (κ3) is 5.15. The number of carbonyl (C=O) groups excluding carboxylic acids is 2. The van der Waals surface area contributed by atoms with E-state index in [4.69, 9.17) is 4.74 Å². The number of carbonyl (C=O) groups is 2. The third-order valence-corrected chi connectivity index (χ3v) is 4.51. The average molecular weight is 439 g/mol. The van der Waals surface area contributed by atoms with Gasteiger partial charge in [-0.05, 0) is 43.7 Å².